The highest BCUT2D eigenvalue weighted by Crippen LogP contribution is 2.46. The summed E-state index contributed by atoms with van der Waals surface area (Å²) in [6.45, 7) is 0. The molecule has 4 nitrogen and oxygen atoms in total. The summed E-state index contributed by atoms with van der Waals surface area (Å²) in [4.78, 5) is 4.72. The Hall–Kier alpha value is -16.1. The molecule has 0 aliphatic heterocycles. The summed E-state index contributed by atoms with van der Waals surface area (Å²) in [6.07, 6.45) is 0. The van der Waals surface area contributed by atoms with E-state index in [4.69, 9.17) is 8.83 Å². The Balaban J connectivity index is 0.000000146. The summed E-state index contributed by atoms with van der Waals surface area (Å²) in [5.74, 6) is 0. The summed E-state index contributed by atoms with van der Waals surface area (Å²) in [7, 11) is 0. The lowest BCUT2D eigenvalue weighted by atomic mass is 9.97. The smallest absolute Gasteiger partial charge is 0.143 e. The van der Waals surface area contributed by atoms with Crippen molar-refractivity contribution in [2.24, 2.45) is 0 Å². The number of rotatable bonds is 15. The van der Waals surface area contributed by atoms with E-state index in [1.807, 2.05) is 6.07 Å². The van der Waals surface area contributed by atoms with Gasteiger partial charge in [-0.05, 0) is 235 Å². The lowest BCUT2D eigenvalue weighted by Crippen LogP contribution is -2.09. The molecule has 0 atom stereocenters. The van der Waals surface area contributed by atoms with Crippen LogP contribution in [0.25, 0.3) is 187 Å². The van der Waals surface area contributed by atoms with E-state index in [1.165, 1.54) is 110 Å². The molecule has 0 radical (unpaired) electrons. The summed E-state index contributed by atoms with van der Waals surface area (Å²) >= 11 is 0. The van der Waals surface area contributed by atoms with Crippen LogP contribution in [0.15, 0.2) is 482 Å². The molecular formula is C118H78N2O2. The second-order valence-corrected chi connectivity index (χ2v) is 31.4. The van der Waals surface area contributed by atoms with Crippen molar-refractivity contribution in [1.29, 1.82) is 0 Å². The number of hydrogen-bond donors (Lipinski definition) is 0. The van der Waals surface area contributed by atoms with Gasteiger partial charge in [-0.1, -0.05) is 370 Å². The van der Waals surface area contributed by atoms with Crippen molar-refractivity contribution in [2.45, 2.75) is 0 Å². The molecule has 0 spiro atoms. The van der Waals surface area contributed by atoms with E-state index in [-0.39, 0.29) is 0 Å². The van der Waals surface area contributed by atoms with Gasteiger partial charge in [0.1, 0.15) is 22.3 Å². The minimum Gasteiger partial charge on any atom is -0.456 e. The van der Waals surface area contributed by atoms with Gasteiger partial charge in [0.2, 0.25) is 0 Å². The second-order valence-electron chi connectivity index (χ2n) is 31.4. The predicted molar refractivity (Wildman–Crippen MR) is 516 cm³/mol. The maximum absolute atomic E-state index is 6.78. The van der Waals surface area contributed by atoms with E-state index in [0.717, 1.165) is 111 Å². The minimum absolute atomic E-state index is 0.886. The standard InChI is InChI=1S/C62H41NO.C56H37NO/c1-3-10-42(11-4-1)44-18-20-45(21-19-44)46-24-30-54(31-25-46)63(56-34-35-58-53(39-56)23-22-48-14-7-8-17-57(48)58)55-32-26-47(27-33-55)51-28-36-61-59(40-51)60-41-52(29-37-62(60)64-61)50-16-9-15-49(38-50)43-12-5-2-6-13-43;1-3-11-38(12-4-1)39-21-23-40(24-22-39)41-27-31-46(32-28-41)57(48-35-36-50-45(37-48)26-25-43-15-7-8-16-49(43)50)47-33-29-44(30-34-47)52-18-10-20-54-53-19-9-17-51(55(53)58-56(52)54)42-13-5-2-6-14-42/h1-41H;1-37H. The van der Waals surface area contributed by atoms with E-state index in [2.05, 4.69) is 477 Å². The molecule has 0 N–H and O–H groups in total. The SMILES string of the molecule is c1ccc(-c2ccc(-c3ccc(N(c4ccc(-c5ccc6oc7ccc(-c8cccc(-c9ccccc9)c8)cc7c6c5)cc4)c4ccc5c(ccc6ccccc65)c4)cc3)cc2)cc1.c1ccc(-c2ccc(-c3ccc(N(c4ccc(-c5cccc6c5oc5c(-c7ccccc7)cccc56)cc4)c4ccc5c(ccc6ccccc65)c4)cc3)cc2)cc1. The largest absolute Gasteiger partial charge is 0.456 e. The van der Waals surface area contributed by atoms with Crippen molar-refractivity contribution in [1.82, 2.24) is 0 Å². The van der Waals surface area contributed by atoms with Gasteiger partial charge in [0.05, 0.1) is 0 Å². The van der Waals surface area contributed by atoms with Crippen LogP contribution in [0.3, 0.4) is 0 Å². The highest BCUT2D eigenvalue weighted by Gasteiger charge is 2.22. The fourth-order valence-electron chi connectivity index (χ4n) is 17.9. The number of furan rings is 2. The van der Waals surface area contributed by atoms with E-state index in [0.29, 0.717) is 0 Å². The summed E-state index contributed by atoms with van der Waals surface area (Å²) < 4.78 is 13.2. The molecule has 23 rings (SSSR count). The molecule has 0 amide bonds. The summed E-state index contributed by atoms with van der Waals surface area (Å²) in [6, 6.07) is 170. The van der Waals surface area contributed by atoms with Crippen LogP contribution in [0.1, 0.15) is 0 Å². The first-order valence-electron chi connectivity index (χ1n) is 41.7. The number of benzene rings is 21. The van der Waals surface area contributed by atoms with Gasteiger partial charge in [0.15, 0.2) is 0 Å². The van der Waals surface area contributed by atoms with Gasteiger partial charge < -0.3 is 18.6 Å². The van der Waals surface area contributed by atoms with Crippen molar-refractivity contribution < 1.29 is 8.83 Å². The third-order valence-electron chi connectivity index (χ3n) is 24.2. The first-order chi connectivity index (χ1) is 60.4. The molecule has 572 valence electrons. The molecule has 2 heterocycles. The molecule has 0 aliphatic rings. The summed E-state index contributed by atoms with van der Waals surface area (Å²) in [5, 5.41) is 14.4. The zero-order valence-corrected chi connectivity index (χ0v) is 66.7. The Bertz CT molecular complexity index is 7800. The molecule has 0 aliphatic carbocycles. The van der Waals surface area contributed by atoms with Gasteiger partial charge in [0, 0.05) is 66.8 Å². The Morgan fingerprint density at radius 2 is 0.385 bits per heavy atom. The van der Waals surface area contributed by atoms with Crippen LogP contribution < -0.4 is 9.80 Å². The fraction of sp³-hybridized carbons (Fsp3) is 0. The molecule has 0 unspecified atom stereocenters. The lowest BCUT2D eigenvalue weighted by molar-refractivity contribution is 0.669. The Kier molecular flexibility index (Phi) is 18.6. The summed E-state index contributed by atoms with van der Waals surface area (Å²) in [5.41, 5.74) is 31.2. The third kappa shape index (κ3) is 13.8. The Labute approximate surface area is 708 Å². The molecule has 122 heavy (non-hydrogen) atoms. The van der Waals surface area contributed by atoms with Gasteiger partial charge in [-0.15, -0.1) is 0 Å². The van der Waals surface area contributed by atoms with Crippen molar-refractivity contribution in [2.75, 3.05) is 9.80 Å². The molecule has 0 bridgehead atoms. The van der Waals surface area contributed by atoms with Crippen LogP contribution >= 0.6 is 0 Å². The molecular weight excluding hydrogens is 1480 g/mol. The minimum atomic E-state index is 0.886. The van der Waals surface area contributed by atoms with Gasteiger partial charge in [0.25, 0.3) is 0 Å². The van der Waals surface area contributed by atoms with E-state index >= 15 is 0 Å². The monoisotopic (exact) mass is 1550 g/mol. The molecule has 0 saturated heterocycles. The highest BCUT2D eigenvalue weighted by molar-refractivity contribution is 6.14. The average Bonchev–Trinajstić information content (AvgIpc) is 1.61. The molecule has 23 aromatic rings. The molecule has 0 saturated carbocycles. The first-order valence-corrected chi connectivity index (χ1v) is 41.7. The number of para-hydroxylation sites is 2. The topological polar surface area (TPSA) is 32.8 Å². The number of nitrogens with zero attached hydrogens (tertiary/aromatic N) is 2. The molecule has 4 heteroatoms. The van der Waals surface area contributed by atoms with Crippen molar-refractivity contribution in [3.8, 4) is 100 Å². The number of anilines is 6. The highest BCUT2D eigenvalue weighted by atomic mass is 16.3. The van der Waals surface area contributed by atoms with E-state index in [9.17, 15) is 0 Å². The quantitative estimate of drug-likeness (QED) is 0.0958. The third-order valence-corrected chi connectivity index (χ3v) is 24.2. The van der Waals surface area contributed by atoms with Gasteiger partial charge >= 0.3 is 0 Å². The molecule has 0 fully saturated rings. The molecule has 2 aromatic heterocycles. The van der Waals surface area contributed by atoms with Gasteiger partial charge in [-0.3, -0.25) is 0 Å². The van der Waals surface area contributed by atoms with E-state index in [1.54, 1.807) is 0 Å². The maximum Gasteiger partial charge on any atom is 0.143 e. The zero-order chi connectivity index (χ0) is 80.8. The van der Waals surface area contributed by atoms with Crippen molar-refractivity contribution >= 4 is 121 Å². The van der Waals surface area contributed by atoms with Crippen LogP contribution in [0, 0.1) is 0 Å². The Morgan fingerprint density at radius 1 is 0.131 bits per heavy atom. The van der Waals surface area contributed by atoms with Crippen LogP contribution in [-0.2, 0) is 0 Å². The maximum atomic E-state index is 6.78. The normalized spacial score (nSPS) is 11.4. The van der Waals surface area contributed by atoms with Crippen molar-refractivity contribution in [3.05, 3.63) is 473 Å². The van der Waals surface area contributed by atoms with Crippen molar-refractivity contribution in [3.63, 3.8) is 0 Å². The Morgan fingerprint density at radius 3 is 0.795 bits per heavy atom. The predicted octanol–water partition coefficient (Wildman–Crippen LogP) is 33.7. The second kappa shape index (κ2) is 31.4. The lowest BCUT2D eigenvalue weighted by Gasteiger charge is -2.26. The fourth-order valence-corrected chi connectivity index (χ4v) is 17.9. The average molecular weight is 1560 g/mol. The van der Waals surface area contributed by atoms with Crippen LogP contribution in [0.4, 0.5) is 34.1 Å². The van der Waals surface area contributed by atoms with Gasteiger partial charge in [-0.25, -0.2) is 0 Å². The zero-order valence-electron chi connectivity index (χ0n) is 66.7. The van der Waals surface area contributed by atoms with Crippen LogP contribution in [-0.4, -0.2) is 0 Å². The van der Waals surface area contributed by atoms with E-state index < -0.39 is 0 Å². The number of hydrogen-bond acceptors (Lipinski definition) is 4. The van der Waals surface area contributed by atoms with Crippen LogP contribution in [0.5, 0.6) is 0 Å². The first kappa shape index (κ1) is 72.3. The van der Waals surface area contributed by atoms with Crippen LogP contribution in [0.2, 0.25) is 0 Å². The number of fused-ring (bicyclic) bond motifs is 12. The van der Waals surface area contributed by atoms with Gasteiger partial charge in [-0.2, -0.15) is 0 Å². The molecule has 21 aromatic carbocycles.